The Morgan fingerprint density at radius 1 is 1.08 bits per heavy atom. The Labute approximate surface area is 223 Å². The molecule has 2 bridgehead atoms. The predicted molar refractivity (Wildman–Crippen MR) is 146 cm³/mol. The van der Waals surface area contributed by atoms with E-state index in [1.54, 1.807) is 4.52 Å². The van der Waals surface area contributed by atoms with Crippen LogP contribution >= 0.6 is 0 Å². The molecule has 3 aliphatic heterocycles. The number of carbonyl (C=O) groups is 1. The van der Waals surface area contributed by atoms with Gasteiger partial charge >= 0.3 is 0 Å². The normalized spacial score (nSPS) is 18.2. The largest absolute Gasteiger partial charge is 0.457 e. The van der Waals surface area contributed by atoms with E-state index in [-0.39, 0.29) is 18.0 Å². The molecule has 4 aromatic heterocycles. The number of anilines is 3. The van der Waals surface area contributed by atoms with Gasteiger partial charge in [-0.1, -0.05) is 6.58 Å². The van der Waals surface area contributed by atoms with E-state index in [4.69, 9.17) is 9.72 Å². The predicted octanol–water partition coefficient (Wildman–Crippen LogP) is 3.89. The molecular formula is C28H25N9O2. The molecule has 7 heterocycles. The SMILES string of the molecule is C=CC(=O)N1C2CC1CN(c1ccc3ncnc(Nc4ccc(Oc5ccn6ncnc6c5)c(C)c4)c3n1)C2. The van der Waals surface area contributed by atoms with Gasteiger partial charge in [0.25, 0.3) is 0 Å². The summed E-state index contributed by atoms with van der Waals surface area (Å²) in [6.07, 6.45) is 7.28. The van der Waals surface area contributed by atoms with Gasteiger partial charge in [0, 0.05) is 31.0 Å². The zero-order chi connectivity index (χ0) is 26.5. The zero-order valence-corrected chi connectivity index (χ0v) is 21.2. The van der Waals surface area contributed by atoms with Crippen molar-refractivity contribution in [2.45, 2.75) is 25.4 Å². The van der Waals surface area contributed by atoms with E-state index in [9.17, 15) is 4.79 Å². The average molecular weight is 520 g/mol. The summed E-state index contributed by atoms with van der Waals surface area (Å²) in [7, 11) is 0. The van der Waals surface area contributed by atoms with Crippen LogP contribution in [0.3, 0.4) is 0 Å². The molecule has 3 aliphatic rings. The molecule has 0 saturated carbocycles. The first kappa shape index (κ1) is 23.1. The van der Waals surface area contributed by atoms with Crippen LogP contribution in [-0.4, -0.2) is 65.5 Å². The summed E-state index contributed by atoms with van der Waals surface area (Å²) in [5.41, 5.74) is 3.97. The van der Waals surface area contributed by atoms with Crippen molar-refractivity contribution in [2.75, 3.05) is 23.3 Å². The second-order valence-electron chi connectivity index (χ2n) is 9.79. The fourth-order valence-electron chi connectivity index (χ4n) is 5.42. The van der Waals surface area contributed by atoms with Gasteiger partial charge in [0.2, 0.25) is 5.91 Å². The molecule has 1 N–H and O–H groups in total. The van der Waals surface area contributed by atoms with Gasteiger partial charge in [0.15, 0.2) is 11.5 Å². The van der Waals surface area contributed by atoms with E-state index in [0.29, 0.717) is 17.1 Å². The zero-order valence-electron chi connectivity index (χ0n) is 21.2. The first-order valence-corrected chi connectivity index (χ1v) is 12.7. The molecule has 2 unspecified atom stereocenters. The highest BCUT2D eigenvalue weighted by molar-refractivity contribution is 5.89. The third-order valence-corrected chi connectivity index (χ3v) is 7.33. The average Bonchev–Trinajstić information content (AvgIpc) is 3.42. The van der Waals surface area contributed by atoms with Gasteiger partial charge in [-0.25, -0.2) is 24.5 Å². The fraction of sp³-hybridized carbons (Fsp3) is 0.214. The lowest BCUT2D eigenvalue weighted by molar-refractivity contribution is -0.140. The van der Waals surface area contributed by atoms with Crippen molar-refractivity contribution in [2.24, 2.45) is 0 Å². The molecule has 11 nitrogen and oxygen atoms in total. The molecule has 0 radical (unpaired) electrons. The molecule has 1 aromatic carbocycles. The summed E-state index contributed by atoms with van der Waals surface area (Å²) < 4.78 is 7.79. The lowest BCUT2D eigenvalue weighted by atomic mass is 9.87. The molecule has 3 saturated heterocycles. The van der Waals surface area contributed by atoms with Crippen molar-refractivity contribution in [3.63, 3.8) is 0 Å². The standard InChI is InChI=1S/C28H25N9O2/c1-3-26(38)37-19-11-20(37)14-35(13-19)24-7-5-22-27(34-24)28(31-15-29-22)33-18-4-6-23(17(2)10-18)39-21-8-9-36-25(12-21)30-16-32-36/h3-10,12,15-16,19-20H,1,11,13-14H2,2H3,(H,29,31,33). The van der Waals surface area contributed by atoms with Gasteiger partial charge in [0.05, 0.1) is 17.6 Å². The van der Waals surface area contributed by atoms with E-state index in [2.05, 4.69) is 36.8 Å². The number of amides is 1. The van der Waals surface area contributed by atoms with Crippen LogP contribution in [0.15, 0.2) is 74.0 Å². The van der Waals surface area contributed by atoms with E-state index in [1.807, 2.05) is 60.5 Å². The Morgan fingerprint density at radius 3 is 2.77 bits per heavy atom. The summed E-state index contributed by atoms with van der Waals surface area (Å²) in [5, 5.41) is 7.52. The number of hydrogen-bond acceptors (Lipinski definition) is 9. The van der Waals surface area contributed by atoms with Crippen molar-refractivity contribution < 1.29 is 9.53 Å². The van der Waals surface area contributed by atoms with Crippen molar-refractivity contribution in [1.82, 2.24) is 34.4 Å². The van der Waals surface area contributed by atoms with Crippen molar-refractivity contribution >= 4 is 39.9 Å². The smallest absolute Gasteiger partial charge is 0.246 e. The molecule has 5 aromatic rings. The van der Waals surface area contributed by atoms with E-state index in [0.717, 1.165) is 53.5 Å². The number of pyridine rings is 2. The Balaban J connectivity index is 1.11. The quantitative estimate of drug-likeness (QED) is 0.334. The molecule has 11 heteroatoms. The molecule has 194 valence electrons. The Kier molecular flexibility index (Phi) is 5.36. The molecule has 1 amide bonds. The molecule has 3 fully saturated rings. The second-order valence-corrected chi connectivity index (χ2v) is 9.79. The van der Waals surface area contributed by atoms with Crippen molar-refractivity contribution in [3.8, 4) is 11.5 Å². The van der Waals surface area contributed by atoms with Gasteiger partial charge in [-0.15, -0.1) is 0 Å². The highest BCUT2D eigenvalue weighted by Crippen LogP contribution is 2.35. The number of aryl methyl sites for hydroxylation is 1. The number of fused-ring (bicyclic) bond motifs is 4. The number of nitrogens with zero attached hydrogens (tertiary/aromatic N) is 8. The highest BCUT2D eigenvalue weighted by Gasteiger charge is 2.46. The topological polar surface area (TPSA) is 114 Å². The third-order valence-electron chi connectivity index (χ3n) is 7.33. The molecule has 39 heavy (non-hydrogen) atoms. The van der Waals surface area contributed by atoms with Gasteiger partial charge in [0.1, 0.15) is 35.5 Å². The third kappa shape index (κ3) is 4.08. The Hall–Kier alpha value is -5.06. The minimum absolute atomic E-state index is 0.00496. The van der Waals surface area contributed by atoms with Gasteiger partial charge < -0.3 is 19.9 Å². The fourth-order valence-corrected chi connectivity index (χ4v) is 5.42. The van der Waals surface area contributed by atoms with Crippen LogP contribution in [0.4, 0.5) is 17.3 Å². The monoisotopic (exact) mass is 519 g/mol. The lowest BCUT2D eigenvalue weighted by Gasteiger charge is -2.56. The summed E-state index contributed by atoms with van der Waals surface area (Å²) in [6.45, 7) is 7.12. The number of carbonyl (C=O) groups excluding carboxylic acids is 1. The van der Waals surface area contributed by atoms with E-state index < -0.39 is 0 Å². The summed E-state index contributed by atoms with van der Waals surface area (Å²) >= 11 is 0. The van der Waals surface area contributed by atoms with Crippen LogP contribution in [0.1, 0.15) is 12.0 Å². The molecular weight excluding hydrogens is 494 g/mol. The van der Waals surface area contributed by atoms with Crippen LogP contribution in [0.25, 0.3) is 16.7 Å². The van der Waals surface area contributed by atoms with Gasteiger partial charge in [-0.2, -0.15) is 5.10 Å². The van der Waals surface area contributed by atoms with Crippen LogP contribution in [0.5, 0.6) is 11.5 Å². The number of aromatic nitrogens is 6. The van der Waals surface area contributed by atoms with Crippen LogP contribution in [-0.2, 0) is 4.79 Å². The number of piperazine rings is 1. The van der Waals surface area contributed by atoms with Crippen molar-refractivity contribution in [3.05, 3.63) is 79.5 Å². The maximum atomic E-state index is 12.2. The first-order valence-electron chi connectivity index (χ1n) is 12.7. The van der Waals surface area contributed by atoms with Crippen LogP contribution in [0.2, 0.25) is 0 Å². The minimum Gasteiger partial charge on any atom is -0.457 e. The summed E-state index contributed by atoms with van der Waals surface area (Å²) in [5.74, 6) is 2.91. The summed E-state index contributed by atoms with van der Waals surface area (Å²) in [6, 6.07) is 13.9. The molecule has 0 spiro atoms. The van der Waals surface area contributed by atoms with Crippen LogP contribution in [0, 0.1) is 6.92 Å². The number of piperidine rings is 1. The Morgan fingerprint density at radius 2 is 1.95 bits per heavy atom. The number of rotatable bonds is 6. The maximum absolute atomic E-state index is 12.2. The van der Waals surface area contributed by atoms with Gasteiger partial charge in [-0.3, -0.25) is 4.79 Å². The highest BCUT2D eigenvalue weighted by atomic mass is 16.5. The Bertz CT molecular complexity index is 1740. The van der Waals surface area contributed by atoms with Gasteiger partial charge in [-0.05, 0) is 61.4 Å². The molecule has 2 atom stereocenters. The number of hydrogen-bond donors (Lipinski definition) is 1. The van der Waals surface area contributed by atoms with Crippen LogP contribution < -0.4 is 15.0 Å². The number of benzene rings is 1. The van der Waals surface area contributed by atoms with Crippen molar-refractivity contribution in [1.29, 1.82) is 0 Å². The van der Waals surface area contributed by atoms with E-state index >= 15 is 0 Å². The second kappa shape index (κ2) is 9.05. The maximum Gasteiger partial charge on any atom is 0.246 e. The lowest BCUT2D eigenvalue weighted by Crippen LogP contribution is -2.70. The molecule has 0 aliphatic carbocycles. The number of ether oxygens (including phenoxy) is 1. The first-order chi connectivity index (χ1) is 19.1. The molecule has 8 rings (SSSR count). The summed E-state index contributed by atoms with van der Waals surface area (Å²) in [4.78, 5) is 34.4. The number of nitrogens with one attached hydrogen (secondary N) is 1. The minimum atomic E-state index is 0.00496. The van der Waals surface area contributed by atoms with E-state index in [1.165, 1.54) is 18.7 Å².